The summed E-state index contributed by atoms with van der Waals surface area (Å²) in [6.07, 6.45) is 28.0. The lowest BCUT2D eigenvalue weighted by molar-refractivity contribution is -0.150. The molecule has 0 aliphatic carbocycles. The van der Waals surface area contributed by atoms with Crippen LogP contribution in [0.4, 0.5) is 0 Å². The molecule has 0 aliphatic rings. The van der Waals surface area contributed by atoms with E-state index in [4.69, 9.17) is 9.47 Å². The van der Waals surface area contributed by atoms with Crippen LogP contribution in [0.15, 0.2) is 24.3 Å². The number of ether oxygens (including phenoxy) is 2. The Bertz CT molecular complexity index is 438. The van der Waals surface area contributed by atoms with E-state index >= 15 is 0 Å². The molecule has 0 spiro atoms. The highest BCUT2D eigenvalue weighted by Gasteiger charge is 2.08. The third-order valence-corrected chi connectivity index (χ3v) is 5.41. The highest BCUT2D eigenvalue weighted by atomic mass is 16.5. The van der Waals surface area contributed by atoms with Crippen molar-refractivity contribution in [1.29, 1.82) is 0 Å². The van der Waals surface area contributed by atoms with Gasteiger partial charge in [0.25, 0.3) is 0 Å². The number of hydrogen-bond acceptors (Lipinski definition) is 4. The maximum atomic E-state index is 11.7. The Morgan fingerprint density at radius 2 is 0.844 bits per heavy atom. The van der Waals surface area contributed by atoms with Gasteiger partial charge in [-0.1, -0.05) is 102 Å². The fourth-order valence-electron chi connectivity index (χ4n) is 3.39. The van der Waals surface area contributed by atoms with E-state index in [2.05, 4.69) is 38.2 Å². The molecule has 0 rings (SSSR count). The van der Waals surface area contributed by atoms with E-state index in [0.717, 1.165) is 25.7 Å². The van der Waals surface area contributed by atoms with Gasteiger partial charge in [-0.2, -0.15) is 0 Å². The van der Waals surface area contributed by atoms with Crippen molar-refractivity contribution >= 4 is 11.9 Å². The zero-order chi connectivity index (χ0) is 23.5. The van der Waals surface area contributed by atoms with Gasteiger partial charge in [0, 0.05) is 0 Å². The summed E-state index contributed by atoms with van der Waals surface area (Å²) in [6.45, 7) is 5.23. The number of hydrogen-bond donors (Lipinski definition) is 0. The molecule has 32 heavy (non-hydrogen) atoms. The molecule has 0 fully saturated rings. The smallest absolute Gasteiger partial charge is 0.306 e. The second kappa shape index (κ2) is 25.7. The van der Waals surface area contributed by atoms with Crippen LogP contribution in [-0.4, -0.2) is 25.2 Å². The lowest BCUT2D eigenvalue weighted by Crippen LogP contribution is -2.11. The molecular weight excluding hydrogens is 400 g/mol. The SMILES string of the molecule is CCCCCCCC/C=C/CCOC(=O)CCC(=O)OCC/C=C/CCCCCCCC. The molecule has 4 nitrogen and oxygen atoms in total. The minimum absolute atomic E-state index is 0.0914. The second-order valence-corrected chi connectivity index (χ2v) is 8.57. The fourth-order valence-corrected chi connectivity index (χ4v) is 3.39. The van der Waals surface area contributed by atoms with Gasteiger partial charge >= 0.3 is 11.9 Å². The first kappa shape index (κ1) is 30.4. The van der Waals surface area contributed by atoms with Gasteiger partial charge in [0.15, 0.2) is 0 Å². The first-order chi connectivity index (χ1) is 15.7. The Morgan fingerprint density at radius 3 is 1.25 bits per heavy atom. The van der Waals surface area contributed by atoms with Gasteiger partial charge in [-0.25, -0.2) is 0 Å². The number of unbranched alkanes of at least 4 members (excludes halogenated alkanes) is 12. The quantitative estimate of drug-likeness (QED) is 0.0893. The van der Waals surface area contributed by atoms with Crippen LogP contribution >= 0.6 is 0 Å². The number of rotatable bonds is 23. The molecule has 0 saturated heterocycles. The summed E-state index contributed by atoms with van der Waals surface area (Å²) in [5.41, 5.74) is 0. The Morgan fingerprint density at radius 1 is 0.500 bits per heavy atom. The summed E-state index contributed by atoms with van der Waals surface area (Å²) in [6, 6.07) is 0. The van der Waals surface area contributed by atoms with Crippen LogP contribution in [0.1, 0.15) is 129 Å². The first-order valence-corrected chi connectivity index (χ1v) is 13.3. The zero-order valence-corrected chi connectivity index (χ0v) is 21.1. The molecule has 0 aliphatic heterocycles. The van der Waals surface area contributed by atoms with E-state index in [9.17, 15) is 9.59 Å². The predicted molar refractivity (Wildman–Crippen MR) is 135 cm³/mol. The van der Waals surface area contributed by atoms with E-state index in [1.165, 1.54) is 77.0 Å². The van der Waals surface area contributed by atoms with Crippen molar-refractivity contribution in [2.45, 2.75) is 129 Å². The van der Waals surface area contributed by atoms with Crippen molar-refractivity contribution in [1.82, 2.24) is 0 Å². The van der Waals surface area contributed by atoms with Gasteiger partial charge in [0.1, 0.15) is 0 Å². The van der Waals surface area contributed by atoms with Gasteiger partial charge < -0.3 is 9.47 Å². The van der Waals surface area contributed by atoms with Crippen LogP contribution < -0.4 is 0 Å². The van der Waals surface area contributed by atoms with Crippen molar-refractivity contribution in [2.24, 2.45) is 0 Å². The van der Waals surface area contributed by atoms with Crippen LogP contribution in [0, 0.1) is 0 Å². The molecule has 0 amide bonds. The van der Waals surface area contributed by atoms with Gasteiger partial charge in [-0.15, -0.1) is 0 Å². The van der Waals surface area contributed by atoms with E-state index in [0.29, 0.717) is 13.2 Å². The highest BCUT2D eigenvalue weighted by molar-refractivity contribution is 5.77. The van der Waals surface area contributed by atoms with Crippen molar-refractivity contribution in [3.05, 3.63) is 24.3 Å². The van der Waals surface area contributed by atoms with E-state index in [-0.39, 0.29) is 24.8 Å². The molecular formula is C28H50O4. The average molecular weight is 451 g/mol. The van der Waals surface area contributed by atoms with Crippen LogP contribution in [0.25, 0.3) is 0 Å². The maximum Gasteiger partial charge on any atom is 0.306 e. The van der Waals surface area contributed by atoms with E-state index in [1.807, 2.05) is 0 Å². The van der Waals surface area contributed by atoms with Crippen LogP contribution in [0.3, 0.4) is 0 Å². The largest absolute Gasteiger partial charge is 0.465 e. The third-order valence-electron chi connectivity index (χ3n) is 5.41. The number of carbonyl (C=O) groups excluding carboxylic acids is 2. The monoisotopic (exact) mass is 450 g/mol. The normalized spacial score (nSPS) is 11.4. The van der Waals surface area contributed by atoms with Crippen LogP contribution in [0.2, 0.25) is 0 Å². The Kier molecular flexibility index (Phi) is 24.4. The summed E-state index contributed by atoms with van der Waals surface area (Å²) < 4.78 is 10.3. The number of allylic oxidation sites excluding steroid dienone is 2. The molecule has 0 unspecified atom stereocenters. The molecule has 4 heteroatoms. The molecule has 0 N–H and O–H groups in total. The number of carbonyl (C=O) groups is 2. The van der Waals surface area contributed by atoms with Gasteiger partial charge in [0.05, 0.1) is 26.1 Å². The molecule has 0 radical (unpaired) electrons. The predicted octanol–water partition coefficient (Wildman–Crippen LogP) is 8.25. The Balaban J connectivity index is 3.44. The van der Waals surface area contributed by atoms with Gasteiger partial charge in [0.2, 0.25) is 0 Å². The standard InChI is InChI=1S/C28H50O4/c1-3-5-7-9-11-13-15-17-19-21-25-31-27(29)23-24-28(30)32-26-22-20-18-16-14-12-10-8-6-4-2/h17-20H,3-16,21-26H2,1-2H3/b19-17+,20-18+. The summed E-state index contributed by atoms with van der Waals surface area (Å²) in [5.74, 6) is -0.657. The molecule has 0 heterocycles. The van der Waals surface area contributed by atoms with E-state index < -0.39 is 0 Å². The lowest BCUT2D eigenvalue weighted by Gasteiger charge is -2.04. The minimum atomic E-state index is -0.329. The van der Waals surface area contributed by atoms with Gasteiger partial charge in [-0.05, 0) is 38.5 Å². The fraction of sp³-hybridized carbons (Fsp3) is 0.786. The van der Waals surface area contributed by atoms with Crippen LogP contribution in [-0.2, 0) is 19.1 Å². The summed E-state index contributed by atoms with van der Waals surface area (Å²) in [4.78, 5) is 23.4. The second-order valence-electron chi connectivity index (χ2n) is 8.57. The zero-order valence-electron chi connectivity index (χ0n) is 21.1. The van der Waals surface area contributed by atoms with Gasteiger partial charge in [-0.3, -0.25) is 9.59 Å². The highest BCUT2D eigenvalue weighted by Crippen LogP contribution is 2.08. The molecule has 0 atom stereocenters. The Hall–Kier alpha value is -1.58. The van der Waals surface area contributed by atoms with Crippen molar-refractivity contribution < 1.29 is 19.1 Å². The summed E-state index contributed by atoms with van der Waals surface area (Å²) in [5, 5.41) is 0. The minimum Gasteiger partial charge on any atom is -0.465 e. The topological polar surface area (TPSA) is 52.6 Å². The Labute approximate surface area is 198 Å². The first-order valence-electron chi connectivity index (χ1n) is 13.3. The third kappa shape index (κ3) is 24.7. The summed E-state index contributed by atoms with van der Waals surface area (Å²) in [7, 11) is 0. The molecule has 0 bridgehead atoms. The lowest BCUT2D eigenvalue weighted by atomic mass is 10.1. The van der Waals surface area contributed by atoms with Crippen LogP contribution in [0.5, 0.6) is 0 Å². The molecule has 0 saturated carbocycles. The summed E-state index contributed by atoms with van der Waals surface area (Å²) >= 11 is 0. The van der Waals surface area contributed by atoms with E-state index in [1.54, 1.807) is 0 Å². The molecule has 0 aromatic rings. The van der Waals surface area contributed by atoms with Crippen molar-refractivity contribution in [2.75, 3.05) is 13.2 Å². The van der Waals surface area contributed by atoms with Crippen molar-refractivity contribution in [3.63, 3.8) is 0 Å². The van der Waals surface area contributed by atoms with Crippen molar-refractivity contribution in [3.8, 4) is 0 Å². The molecule has 0 aromatic carbocycles. The molecule has 0 aromatic heterocycles. The average Bonchev–Trinajstić information content (AvgIpc) is 2.79. The maximum absolute atomic E-state index is 11.7. The number of esters is 2. The molecule has 186 valence electrons.